The molecule has 0 fully saturated rings. The molecule has 3 nitrogen and oxygen atoms in total. The Morgan fingerprint density at radius 1 is 0.846 bits per heavy atom. The van der Waals surface area contributed by atoms with Gasteiger partial charge in [-0.25, -0.2) is 0 Å². The van der Waals surface area contributed by atoms with E-state index in [0.29, 0.717) is 30.8 Å². The molecule has 0 saturated heterocycles. The molecule has 0 bridgehead atoms. The number of unbranched alkanes of at least 4 members (excludes halogenated alkanes) is 2. The number of hydrogen-bond donors (Lipinski definition) is 1. The fraction of sp³-hybridized carbons (Fsp3) is 1.00. The van der Waals surface area contributed by atoms with Gasteiger partial charge >= 0.3 is 0 Å². The first-order valence-corrected chi connectivity index (χ1v) is 14.9. The molecule has 0 aromatic heterocycles. The average Bonchev–Trinajstić information content (AvgIpc) is 2.66. The van der Waals surface area contributed by atoms with E-state index in [9.17, 15) is 5.11 Å². The van der Waals surface area contributed by atoms with E-state index >= 15 is 0 Å². The van der Waals surface area contributed by atoms with Gasteiger partial charge < -0.3 is 14.2 Å². The molecule has 1 N–H and O–H groups in total. The van der Waals surface area contributed by atoms with Gasteiger partial charge in [-0.3, -0.25) is 0 Å². The van der Waals surface area contributed by atoms with Crippen LogP contribution < -0.4 is 0 Å². The highest BCUT2D eigenvalue weighted by molar-refractivity contribution is 8.67. The monoisotopic (exact) mass is 426 g/mol. The highest BCUT2D eigenvalue weighted by atomic mass is 32.9. The molecular weight excluding hydrogens is 383 g/mol. The van der Waals surface area contributed by atoms with Crippen molar-refractivity contribution in [3.05, 3.63) is 0 Å². The summed E-state index contributed by atoms with van der Waals surface area (Å²) in [7, 11) is 0. The number of hydrogen-bond acceptors (Lipinski definition) is 5. The number of aliphatic hydroxyl groups is 1. The molecule has 0 rings (SSSR count). The molecule has 0 aromatic carbocycles. The second kappa shape index (κ2) is 16.8. The molecular formula is C20H43O3PS2. The van der Waals surface area contributed by atoms with Crippen LogP contribution in [0.15, 0.2) is 0 Å². The zero-order valence-electron chi connectivity index (χ0n) is 17.7. The van der Waals surface area contributed by atoms with Crippen LogP contribution in [0.25, 0.3) is 0 Å². The van der Waals surface area contributed by atoms with E-state index in [1.807, 2.05) is 6.92 Å². The second-order valence-corrected chi connectivity index (χ2v) is 13.6. The van der Waals surface area contributed by atoms with E-state index in [-0.39, 0.29) is 6.10 Å². The molecule has 158 valence electrons. The Balaban J connectivity index is 4.73. The lowest BCUT2D eigenvalue weighted by Crippen LogP contribution is -2.13. The summed E-state index contributed by atoms with van der Waals surface area (Å²) < 4.78 is 12.5. The van der Waals surface area contributed by atoms with E-state index in [1.54, 1.807) is 11.4 Å². The summed E-state index contributed by atoms with van der Waals surface area (Å²) in [5.74, 6) is 1.71. The summed E-state index contributed by atoms with van der Waals surface area (Å²) in [6.07, 6.45) is 9.94. The lowest BCUT2D eigenvalue weighted by Gasteiger charge is -2.27. The lowest BCUT2D eigenvalue weighted by atomic mass is 10.0. The molecule has 3 unspecified atom stereocenters. The smallest absolute Gasteiger partial charge is 0.247 e. The summed E-state index contributed by atoms with van der Waals surface area (Å²) in [5, 5.41) is 9.94. The van der Waals surface area contributed by atoms with E-state index in [0.717, 1.165) is 19.3 Å². The van der Waals surface area contributed by atoms with Crippen LogP contribution in [0.1, 0.15) is 92.4 Å². The molecule has 0 heterocycles. The van der Waals surface area contributed by atoms with Crippen molar-refractivity contribution in [3.8, 4) is 0 Å². The van der Waals surface area contributed by atoms with E-state index in [1.165, 1.54) is 38.5 Å². The number of aliphatic hydroxyl groups excluding tert-OH is 1. The van der Waals surface area contributed by atoms with Crippen molar-refractivity contribution in [1.82, 2.24) is 0 Å². The maximum absolute atomic E-state index is 9.94. The maximum atomic E-state index is 9.94. The Kier molecular flexibility index (Phi) is 17.4. The summed E-state index contributed by atoms with van der Waals surface area (Å²) >= 11 is 7.39. The minimum absolute atomic E-state index is 0.335. The zero-order chi connectivity index (χ0) is 19.8. The third kappa shape index (κ3) is 13.1. The van der Waals surface area contributed by atoms with Crippen LogP contribution in [0.5, 0.6) is 0 Å². The molecule has 3 atom stereocenters. The Labute approximate surface area is 172 Å². The van der Waals surface area contributed by atoms with Crippen molar-refractivity contribution in [2.45, 2.75) is 98.5 Å². The molecule has 0 aromatic rings. The van der Waals surface area contributed by atoms with Gasteiger partial charge in [0.1, 0.15) is 0 Å². The highest BCUT2D eigenvalue weighted by Gasteiger charge is 2.24. The van der Waals surface area contributed by atoms with Gasteiger partial charge in [0.2, 0.25) is 5.69 Å². The van der Waals surface area contributed by atoms with Crippen molar-refractivity contribution in [2.24, 2.45) is 11.8 Å². The maximum Gasteiger partial charge on any atom is 0.247 e. The SMILES string of the molecule is CCCCC(CC)COP(=S)(OCC(CC)CCCC)SCC(O)CC. The minimum Gasteiger partial charge on any atom is -0.392 e. The van der Waals surface area contributed by atoms with Crippen molar-refractivity contribution in [1.29, 1.82) is 0 Å². The Bertz CT molecular complexity index is 345. The quantitative estimate of drug-likeness (QED) is 0.235. The van der Waals surface area contributed by atoms with Gasteiger partial charge in [-0.2, -0.15) is 0 Å². The van der Waals surface area contributed by atoms with E-state index in [2.05, 4.69) is 27.7 Å². The average molecular weight is 427 g/mol. The first-order valence-electron chi connectivity index (χ1n) is 10.7. The fourth-order valence-corrected chi connectivity index (χ4v) is 6.99. The predicted molar refractivity (Wildman–Crippen MR) is 122 cm³/mol. The summed E-state index contributed by atoms with van der Waals surface area (Å²) in [6.45, 7) is 12.3. The molecule has 0 aliphatic heterocycles. The van der Waals surface area contributed by atoms with Crippen molar-refractivity contribution in [3.63, 3.8) is 0 Å². The van der Waals surface area contributed by atoms with Gasteiger partial charge in [-0.1, -0.05) is 84.5 Å². The number of rotatable bonds is 18. The van der Waals surface area contributed by atoms with E-state index in [4.69, 9.17) is 20.9 Å². The molecule has 0 aliphatic carbocycles. The molecule has 6 heteroatoms. The van der Waals surface area contributed by atoms with Crippen LogP contribution in [0.2, 0.25) is 0 Å². The highest BCUT2D eigenvalue weighted by Crippen LogP contribution is 2.61. The molecule has 0 spiro atoms. The van der Waals surface area contributed by atoms with Gasteiger partial charge in [0.15, 0.2) is 0 Å². The standard InChI is InChI=1S/C20H43O3PS2/c1-6-11-13-18(8-3)15-22-24(25,26-17-20(21)10-5)23-16-19(9-4)14-12-7-2/h18-21H,6-17H2,1-5H3. The van der Waals surface area contributed by atoms with Gasteiger partial charge in [-0.05, 0) is 42.9 Å². The third-order valence-electron chi connectivity index (χ3n) is 4.92. The van der Waals surface area contributed by atoms with Crippen LogP contribution in [0.3, 0.4) is 0 Å². The van der Waals surface area contributed by atoms with Crippen LogP contribution >= 0.6 is 17.1 Å². The topological polar surface area (TPSA) is 38.7 Å². The van der Waals surface area contributed by atoms with Gasteiger partial charge in [0.05, 0.1) is 19.3 Å². The largest absolute Gasteiger partial charge is 0.392 e. The summed E-state index contributed by atoms with van der Waals surface area (Å²) in [5.41, 5.74) is -2.39. The molecule has 26 heavy (non-hydrogen) atoms. The first kappa shape index (κ1) is 26.9. The van der Waals surface area contributed by atoms with Gasteiger partial charge in [0.25, 0.3) is 0 Å². The lowest BCUT2D eigenvalue weighted by molar-refractivity contribution is 0.186. The molecule has 0 aliphatic rings. The molecule has 0 amide bonds. The van der Waals surface area contributed by atoms with Crippen LogP contribution in [0.4, 0.5) is 0 Å². The fourth-order valence-electron chi connectivity index (χ4n) is 2.60. The summed E-state index contributed by atoms with van der Waals surface area (Å²) in [6, 6.07) is 0. The van der Waals surface area contributed by atoms with Crippen LogP contribution in [-0.2, 0) is 20.9 Å². The minimum atomic E-state index is -2.39. The second-order valence-electron chi connectivity index (χ2n) is 7.23. The van der Waals surface area contributed by atoms with E-state index < -0.39 is 5.69 Å². The Morgan fingerprint density at radius 3 is 1.65 bits per heavy atom. The van der Waals surface area contributed by atoms with Crippen molar-refractivity contribution < 1.29 is 14.2 Å². The third-order valence-corrected chi connectivity index (χ3v) is 10.3. The molecule has 0 radical (unpaired) electrons. The van der Waals surface area contributed by atoms with Crippen molar-refractivity contribution in [2.75, 3.05) is 19.0 Å². The normalized spacial score (nSPS) is 17.6. The zero-order valence-corrected chi connectivity index (χ0v) is 20.3. The van der Waals surface area contributed by atoms with Crippen LogP contribution in [-0.4, -0.2) is 30.2 Å². The van der Waals surface area contributed by atoms with Gasteiger partial charge in [0, 0.05) is 5.75 Å². The first-order chi connectivity index (χ1) is 12.4. The van der Waals surface area contributed by atoms with Crippen LogP contribution in [0, 0.1) is 11.8 Å². The Hall–Kier alpha value is 0.880. The molecule has 0 saturated carbocycles. The predicted octanol–water partition coefficient (Wildman–Crippen LogP) is 7.18. The van der Waals surface area contributed by atoms with Crippen molar-refractivity contribution >= 4 is 28.9 Å². The summed E-state index contributed by atoms with van der Waals surface area (Å²) in [4.78, 5) is 0. The van der Waals surface area contributed by atoms with Gasteiger partial charge in [-0.15, -0.1) is 0 Å². The Morgan fingerprint density at radius 2 is 1.31 bits per heavy atom.